The minimum Gasteiger partial charge on any atom is -0.497 e. The van der Waals surface area contributed by atoms with Gasteiger partial charge >= 0.3 is 5.97 Å². The number of amides is 1. The average Bonchev–Trinajstić information content (AvgIpc) is 2.69. The normalized spacial score (nSPS) is 13.2. The Labute approximate surface area is 176 Å². The number of hydrogen-bond acceptors (Lipinski definition) is 6. The Bertz CT molecular complexity index is 1020. The predicted octanol–water partition coefficient (Wildman–Crippen LogP) is 2.55. The SMILES string of the molecule is COc1ccc(S(=O)(=O)N[C@@H](C)C(=O)OC(C)C(=O)Nc2ccc(C)cc2C)cc1. The van der Waals surface area contributed by atoms with E-state index in [-0.39, 0.29) is 4.90 Å². The molecule has 0 aliphatic heterocycles. The highest BCUT2D eigenvalue weighted by Gasteiger charge is 2.26. The van der Waals surface area contributed by atoms with Crippen LogP contribution in [0.3, 0.4) is 0 Å². The molecule has 0 fully saturated rings. The maximum Gasteiger partial charge on any atom is 0.324 e. The van der Waals surface area contributed by atoms with Crippen molar-refractivity contribution < 1.29 is 27.5 Å². The van der Waals surface area contributed by atoms with Crippen LogP contribution in [-0.2, 0) is 24.3 Å². The van der Waals surface area contributed by atoms with Gasteiger partial charge in [0.1, 0.15) is 11.8 Å². The maximum absolute atomic E-state index is 12.4. The van der Waals surface area contributed by atoms with Crippen LogP contribution in [0.2, 0.25) is 0 Å². The molecule has 2 atom stereocenters. The van der Waals surface area contributed by atoms with Crippen molar-refractivity contribution in [2.45, 2.75) is 44.7 Å². The van der Waals surface area contributed by atoms with Crippen molar-refractivity contribution in [1.82, 2.24) is 4.72 Å². The molecule has 1 amide bonds. The molecule has 2 aromatic carbocycles. The maximum atomic E-state index is 12.4. The fourth-order valence-electron chi connectivity index (χ4n) is 2.62. The van der Waals surface area contributed by atoms with E-state index in [0.717, 1.165) is 11.1 Å². The largest absolute Gasteiger partial charge is 0.497 e. The Morgan fingerprint density at radius 1 is 1.00 bits per heavy atom. The number of ether oxygens (including phenoxy) is 2. The van der Waals surface area contributed by atoms with E-state index >= 15 is 0 Å². The van der Waals surface area contributed by atoms with Gasteiger partial charge in [-0.15, -0.1) is 0 Å². The smallest absolute Gasteiger partial charge is 0.324 e. The Balaban J connectivity index is 1.97. The molecule has 0 aromatic heterocycles. The Morgan fingerprint density at radius 2 is 1.63 bits per heavy atom. The molecule has 8 nitrogen and oxygen atoms in total. The average molecular weight is 435 g/mol. The van der Waals surface area contributed by atoms with Gasteiger partial charge in [-0.25, -0.2) is 8.42 Å². The van der Waals surface area contributed by atoms with E-state index in [2.05, 4.69) is 10.0 Å². The quantitative estimate of drug-likeness (QED) is 0.618. The van der Waals surface area contributed by atoms with Gasteiger partial charge in [0.2, 0.25) is 10.0 Å². The minimum atomic E-state index is -3.95. The summed E-state index contributed by atoms with van der Waals surface area (Å²) in [7, 11) is -2.48. The highest BCUT2D eigenvalue weighted by Crippen LogP contribution is 2.17. The fraction of sp³-hybridized carbons (Fsp3) is 0.333. The van der Waals surface area contributed by atoms with Gasteiger partial charge in [0.15, 0.2) is 6.10 Å². The van der Waals surface area contributed by atoms with Crippen molar-refractivity contribution in [1.29, 1.82) is 0 Å². The number of nitrogens with one attached hydrogen (secondary N) is 2. The first-order valence-electron chi connectivity index (χ1n) is 9.28. The number of aryl methyl sites for hydroxylation is 2. The molecule has 30 heavy (non-hydrogen) atoms. The second-order valence-corrected chi connectivity index (χ2v) is 8.62. The van der Waals surface area contributed by atoms with E-state index in [0.29, 0.717) is 11.4 Å². The number of carbonyl (C=O) groups excluding carboxylic acids is 2. The molecule has 0 bridgehead atoms. The van der Waals surface area contributed by atoms with Gasteiger partial charge in [-0.1, -0.05) is 17.7 Å². The van der Waals surface area contributed by atoms with Crippen molar-refractivity contribution in [2.24, 2.45) is 0 Å². The lowest BCUT2D eigenvalue weighted by Crippen LogP contribution is -2.42. The number of methoxy groups -OCH3 is 1. The van der Waals surface area contributed by atoms with Crippen LogP contribution in [0.25, 0.3) is 0 Å². The first-order valence-corrected chi connectivity index (χ1v) is 10.8. The fourth-order valence-corrected chi connectivity index (χ4v) is 3.81. The summed E-state index contributed by atoms with van der Waals surface area (Å²) in [5.41, 5.74) is 2.55. The molecule has 0 spiro atoms. The number of esters is 1. The third-order valence-electron chi connectivity index (χ3n) is 4.36. The predicted molar refractivity (Wildman–Crippen MR) is 113 cm³/mol. The van der Waals surface area contributed by atoms with E-state index in [1.54, 1.807) is 6.07 Å². The molecule has 0 aliphatic carbocycles. The molecule has 2 N–H and O–H groups in total. The van der Waals surface area contributed by atoms with Gasteiger partial charge in [0.05, 0.1) is 12.0 Å². The van der Waals surface area contributed by atoms with Gasteiger partial charge in [0, 0.05) is 5.69 Å². The van der Waals surface area contributed by atoms with E-state index in [1.807, 2.05) is 26.0 Å². The summed E-state index contributed by atoms with van der Waals surface area (Å²) >= 11 is 0. The van der Waals surface area contributed by atoms with Crippen molar-refractivity contribution in [3.8, 4) is 5.75 Å². The van der Waals surface area contributed by atoms with Crippen LogP contribution in [0, 0.1) is 13.8 Å². The highest BCUT2D eigenvalue weighted by molar-refractivity contribution is 7.89. The van der Waals surface area contributed by atoms with Crippen molar-refractivity contribution in [3.05, 3.63) is 53.6 Å². The number of hydrogen-bond donors (Lipinski definition) is 2. The molecule has 9 heteroatoms. The molecular formula is C21H26N2O6S. The van der Waals surface area contributed by atoms with E-state index in [1.165, 1.54) is 45.2 Å². The summed E-state index contributed by atoms with van der Waals surface area (Å²) in [6.07, 6.45) is -1.11. The molecule has 0 saturated heterocycles. The zero-order valence-electron chi connectivity index (χ0n) is 17.6. The van der Waals surface area contributed by atoms with Gasteiger partial charge < -0.3 is 14.8 Å². The van der Waals surface area contributed by atoms with Crippen molar-refractivity contribution in [2.75, 3.05) is 12.4 Å². The summed E-state index contributed by atoms with van der Waals surface area (Å²) in [5, 5.41) is 2.70. The molecule has 0 saturated carbocycles. The number of rotatable bonds is 8. The van der Waals surface area contributed by atoms with E-state index in [9.17, 15) is 18.0 Å². The van der Waals surface area contributed by atoms with Crippen LogP contribution in [-0.4, -0.2) is 39.5 Å². The monoisotopic (exact) mass is 434 g/mol. The number of sulfonamides is 1. The summed E-state index contributed by atoms with van der Waals surface area (Å²) in [6.45, 7) is 6.56. The second-order valence-electron chi connectivity index (χ2n) is 6.91. The Kier molecular flexibility index (Phi) is 7.58. The van der Waals surface area contributed by atoms with Gasteiger partial charge in [-0.3, -0.25) is 9.59 Å². The Hall–Kier alpha value is -2.91. The lowest BCUT2D eigenvalue weighted by atomic mass is 10.1. The minimum absolute atomic E-state index is 0.0245. The molecule has 0 heterocycles. The highest BCUT2D eigenvalue weighted by atomic mass is 32.2. The Morgan fingerprint density at radius 3 is 2.20 bits per heavy atom. The van der Waals surface area contributed by atoms with Crippen LogP contribution in [0.4, 0.5) is 5.69 Å². The number of benzene rings is 2. The molecule has 0 radical (unpaired) electrons. The summed E-state index contributed by atoms with van der Waals surface area (Å²) in [4.78, 5) is 24.6. The molecule has 2 rings (SSSR count). The summed E-state index contributed by atoms with van der Waals surface area (Å²) in [5.74, 6) is -0.874. The zero-order chi connectivity index (χ0) is 22.5. The van der Waals surface area contributed by atoms with Gasteiger partial charge in [0.25, 0.3) is 5.91 Å². The topological polar surface area (TPSA) is 111 Å². The molecular weight excluding hydrogens is 408 g/mol. The molecule has 0 aliphatic rings. The van der Waals surface area contributed by atoms with Gasteiger partial charge in [-0.05, 0) is 63.6 Å². The van der Waals surface area contributed by atoms with E-state index in [4.69, 9.17) is 9.47 Å². The lowest BCUT2D eigenvalue weighted by Gasteiger charge is -2.18. The lowest BCUT2D eigenvalue weighted by molar-refractivity contribution is -0.154. The van der Waals surface area contributed by atoms with Crippen LogP contribution >= 0.6 is 0 Å². The van der Waals surface area contributed by atoms with Crippen LogP contribution in [0.15, 0.2) is 47.4 Å². The second kappa shape index (κ2) is 9.73. The van der Waals surface area contributed by atoms with Crippen LogP contribution in [0.5, 0.6) is 5.75 Å². The van der Waals surface area contributed by atoms with E-state index < -0.39 is 34.0 Å². The molecule has 162 valence electrons. The third-order valence-corrected chi connectivity index (χ3v) is 5.91. The number of carbonyl (C=O) groups is 2. The summed E-state index contributed by atoms with van der Waals surface area (Å²) in [6, 6.07) is 10.1. The summed E-state index contributed by atoms with van der Waals surface area (Å²) < 4.78 is 37.2. The van der Waals surface area contributed by atoms with Crippen molar-refractivity contribution >= 4 is 27.6 Å². The van der Waals surface area contributed by atoms with Gasteiger partial charge in [-0.2, -0.15) is 4.72 Å². The molecule has 1 unspecified atom stereocenters. The standard InChI is InChI=1S/C21H26N2O6S/c1-13-6-11-19(14(2)12-13)22-20(24)16(4)29-21(25)15(3)23-30(26,27)18-9-7-17(28-5)8-10-18/h6-12,15-16,23H,1-5H3,(H,22,24)/t15-,16?/m0/s1. The third kappa shape index (κ3) is 6.04. The number of anilines is 1. The first-order chi connectivity index (χ1) is 14.0. The first kappa shape index (κ1) is 23.4. The zero-order valence-corrected chi connectivity index (χ0v) is 18.4. The van der Waals surface area contributed by atoms with Crippen LogP contribution < -0.4 is 14.8 Å². The van der Waals surface area contributed by atoms with Crippen molar-refractivity contribution in [3.63, 3.8) is 0 Å². The molecule has 2 aromatic rings. The van der Waals surface area contributed by atoms with Crippen LogP contribution in [0.1, 0.15) is 25.0 Å².